The van der Waals surface area contributed by atoms with E-state index in [1.54, 1.807) is 68.1 Å². The summed E-state index contributed by atoms with van der Waals surface area (Å²) in [4.78, 5) is 26.7. The highest BCUT2D eigenvalue weighted by atomic mass is 32.2. The summed E-state index contributed by atoms with van der Waals surface area (Å²) in [5.74, 6) is -0.647. The van der Waals surface area contributed by atoms with Gasteiger partial charge >= 0.3 is 5.97 Å². The van der Waals surface area contributed by atoms with E-state index in [0.29, 0.717) is 30.8 Å². The molecule has 1 heterocycles. The molecule has 30 heavy (non-hydrogen) atoms. The smallest absolute Gasteiger partial charge is 0.338 e. The number of para-hydroxylation sites is 1. The number of anilines is 3. The van der Waals surface area contributed by atoms with Crippen molar-refractivity contribution in [3.63, 3.8) is 0 Å². The second-order valence-electron chi connectivity index (χ2n) is 8.25. The SMILES string of the molecule is CC(C)(C)OC(=O)c1cc(N2CCCC2=O)cc(N(c2ccccc2)S(C)(=O)=O)c1. The van der Waals surface area contributed by atoms with E-state index in [4.69, 9.17) is 4.74 Å². The summed E-state index contributed by atoms with van der Waals surface area (Å²) < 4.78 is 32.0. The Bertz CT molecular complexity index is 1060. The highest BCUT2D eigenvalue weighted by molar-refractivity contribution is 7.92. The van der Waals surface area contributed by atoms with Crippen LogP contribution in [0.5, 0.6) is 0 Å². The third-order valence-electron chi connectivity index (χ3n) is 4.48. The van der Waals surface area contributed by atoms with Gasteiger partial charge in [-0.05, 0) is 57.5 Å². The van der Waals surface area contributed by atoms with Crippen LogP contribution in [-0.4, -0.2) is 38.7 Å². The Labute approximate surface area is 177 Å². The molecule has 0 N–H and O–H groups in total. The van der Waals surface area contributed by atoms with Gasteiger partial charge in [0, 0.05) is 18.7 Å². The summed E-state index contributed by atoms with van der Waals surface area (Å²) in [5.41, 5.74) is 0.635. The van der Waals surface area contributed by atoms with Crippen LogP contribution >= 0.6 is 0 Å². The molecule has 1 fully saturated rings. The maximum atomic E-state index is 12.8. The summed E-state index contributed by atoms with van der Waals surface area (Å²) in [6.07, 6.45) is 2.22. The molecular formula is C22H26N2O5S. The number of carbonyl (C=O) groups excluding carboxylic acids is 2. The number of nitrogens with zero attached hydrogens (tertiary/aromatic N) is 2. The van der Waals surface area contributed by atoms with Gasteiger partial charge in [0.1, 0.15) is 5.60 Å². The van der Waals surface area contributed by atoms with Crippen molar-refractivity contribution < 1.29 is 22.7 Å². The lowest BCUT2D eigenvalue weighted by Gasteiger charge is -2.26. The van der Waals surface area contributed by atoms with Crippen molar-refractivity contribution in [2.75, 3.05) is 22.0 Å². The van der Waals surface area contributed by atoms with Crippen molar-refractivity contribution in [2.24, 2.45) is 0 Å². The van der Waals surface area contributed by atoms with Crippen molar-refractivity contribution in [1.82, 2.24) is 0 Å². The first kappa shape index (κ1) is 21.8. The first-order valence-electron chi connectivity index (χ1n) is 9.70. The molecule has 2 aromatic carbocycles. The van der Waals surface area contributed by atoms with Gasteiger partial charge in [-0.3, -0.25) is 4.79 Å². The third kappa shape index (κ3) is 4.99. The lowest BCUT2D eigenvalue weighted by atomic mass is 10.1. The number of esters is 1. The van der Waals surface area contributed by atoms with E-state index in [1.807, 2.05) is 0 Å². The zero-order chi connectivity index (χ0) is 22.1. The molecule has 160 valence electrons. The van der Waals surface area contributed by atoms with Gasteiger partial charge in [0.05, 0.1) is 23.2 Å². The number of benzene rings is 2. The van der Waals surface area contributed by atoms with E-state index < -0.39 is 21.6 Å². The molecule has 8 heteroatoms. The van der Waals surface area contributed by atoms with E-state index in [1.165, 1.54) is 6.07 Å². The Hall–Kier alpha value is -2.87. The molecular weight excluding hydrogens is 404 g/mol. The average Bonchev–Trinajstić information content (AvgIpc) is 3.06. The fourth-order valence-corrected chi connectivity index (χ4v) is 4.33. The van der Waals surface area contributed by atoms with Crippen LogP contribution in [0.4, 0.5) is 17.1 Å². The van der Waals surface area contributed by atoms with E-state index in [-0.39, 0.29) is 17.2 Å². The largest absolute Gasteiger partial charge is 0.456 e. The van der Waals surface area contributed by atoms with Gasteiger partial charge in [-0.2, -0.15) is 0 Å². The van der Waals surface area contributed by atoms with Gasteiger partial charge in [-0.1, -0.05) is 18.2 Å². The van der Waals surface area contributed by atoms with Gasteiger partial charge in [0.2, 0.25) is 15.9 Å². The number of hydrogen-bond acceptors (Lipinski definition) is 5. The Balaban J connectivity index is 2.18. The molecule has 0 aliphatic carbocycles. The fourth-order valence-electron chi connectivity index (χ4n) is 3.34. The van der Waals surface area contributed by atoms with Crippen LogP contribution in [0.15, 0.2) is 48.5 Å². The minimum absolute atomic E-state index is 0.0621. The molecule has 0 bridgehead atoms. The van der Waals surface area contributed by atoms with E-state index >= 15 is 0 Å². The molecule has 0 saturated carbocycles. The van der Waals surface area contributed by atoms with Crippen LogP contribution in [-0.2, 0) is 19.6 Å². The summed E-state index contributed by atoms with van der Waals surface area (Å²) in [7, 11) is -3.72. The minimum Gasteiger partial charge on any atom is -0.456 e. The quantitative estimate of drug-likeness (QED) is 0.673. The predicted molar refractivity (Wildman–Crippen MR) is 117 cm³/mol. The number of carbonyl (C=O) groups is 2. The fraction of sp³-hybridized carbons (Fsp3) is 0.364. The Kier molecular flexibility index (Phi) is 5.90. The molecule has 1 aliphatic rings. The first-order chi connectivity index (χ1) is 14.0. The average molecular weight is 431 g/mol. The third-order valence-corrected chi connectivity index (χ3v) is 5.56. The lowest BCUT2D eigenvalue weighted by Crippen LogP contribution is -2.28. The second kappa shape index (κ2) is 8.10. The number of sulfonamides is 1. The van der Waals surface area contributed by atoms with Gasteiger partial charge in [-0.25, -0.2) is 17.5 Å². The maximum absolute atomic E-state index is 12.8. The molecule has 3 rings (SSSR count). The minimum atomic E-state index is -3.72. The standard InChI is InChI=1S/C22H26N2O5S/c1-22(2,3)29-21(26)16-13-18(23-12-8-11-20(23)25)15-19(14-16)24(30(4,27)28)17-9-6-5-7-10-17/h5-7,9-10,13-15H,8,11-12H2,1-4H3. The summed E-state index contributed by atoms with van der Waals surface area (Å²) in [6, 6.07) is 13.3. The van der Waals surface area contributed by atoms with Crippen LogP contribution < -0.4 is 9.21 Å². The van der Waals surface area contributed by atoms with Crippen molar-refractivity contribution >= 4 is 39.0 Å². The van der Waals surface area contributed by atoms with Crippen LogP contribution in [0.25, 0.3) is 0 Å². The van der Waals surface area contributed by atoms with Crippen LogP contribution in [0, 0.1) is 0 Å². The maximum Gasteiger partial charge on any atom is 0.338 e. The van der Waals surface area contributed by atoms with Crippen molar-refractivity contribution in [2.45, 2.75) is 39.2 Å². The van der Waals surface area contributed by atoms with Crippen molar-refractivity contribution in [3.05, 3.63) is 54.1 Å². The molecule has 0 unspecified atom stereocenters. The zero-order valence-electron chi connectivity index (χ0n) is 17.6. The summed E-state index contributed by atoms with van der Waals surface area (Å²) in [6.45, 7) is 5.78. The van der Waals surface area contributed by atoms with E-state index in [9.17, 15) is 18.0 Å². The van der Waals surface area contributed by atoms with Crippen molar-refractivity contribution in [3.8, 4) is 0 Å². The molecule has 2 aromatic rings. The number of rotatable bonds is 5. The topological polar surface area (TPSA) is 84.0 Å². The molecule has 1 amide bonds. The van der Waals surface area contributed by atoms with Gasteiger partial charge in [0.15, 0.2) is 0 Å². The Morgan fingerprint density at radius 2 is 1.73 bits per heavy atom. The lowest BCUT2D eigenvalue weighted by molar-refractivity contribution is -0.117. The number of hydrogen-bond donors (Lipinski definition) is 0. The van der Waals surface area contributed by atoms with E-state index in [0.717, 1.165) is 10.6 Å². The first-order valence-corrected chi connectivity index (χ1v) is 11.5. The molecule has 7 nitrogen and oxygen atoms in total. The highest BCUT2D eigenvalue weighted by Crippen LogP contribution is 2.34. The monoisotopic (exact) mass is 430 g/mol. The van der Waals surface area contributed by atoms with Crippen molar-refractivity contribution in [1.29, 1.82) is 0 Å². The van der Waals surface area contributed by atoms with Crippen LogP contribution in [0.1, 0.15) is 44.0 Å². The van der Waals surface area contributed by atoms with Gasteiger partial charge in [-0.15, -0.1) is 0 Å². The number of ether oxygens (including phenoxy) is 1. The Morgan fingerprint density at radius 3 is 2.27 bits per heavy atom. The number of amides is 1. The summed E-state index contributed by atoms with van der Waals surface area (Å²) in [5, 5.41) is 0. The van der Waals surface area contributed by atoms with E-state index in [2.05, 4.69) is 0 Å². The van der Waals surface area contributed by atoms with Gasteiger partial charge < -0.3 is 9.64 Å². The molecule has 0 spiro atoms. The van der Waals surface area contributed by atoms with Crippen LogP contribution in [0.2, 0.25) is 0 Å². The predicted octanol–water partition coefficient (Wildman–Crippen LogP) is 3.87. The highest BCUT2D eigenvalue weighted by Gasteiger charge is 2.28. The molecule has 1 saturated heterocycles. The zero-order valence-corrected chi connectivity index (χ0v) is 18.4. The summed E-state index contributed by atoms with van der Waals surface area (Å²) >= 11 is 0. The Morgan fingerprint density at radius 1 is 1.07 bits per heavy atom. The second-order valence-corrected chi connectivity index (χ2v) is 10.1. The molecule has 0 radical (unpaired) electrons. The van der Waals surface area contributed by atoms with Crippen LogP contribution in [0.3, 0.4) is 0 Å². The molecule has 0 atom stereocenters. The molecule has 1 aliphatic heterocycles. The van der Waals surface area contributed by atoms with Gasteiger partial charge in [0.25, 0.3) is 0 Å². The molecule has 0 aromatic heterocycles. The normalized spacial score (nSPS) is 14.7.